The molecule has 3 rings (SSSR count). The fourth-order valence-corrected chi connectivity index (χ4v) is 3.58. The molecule has 0 radical (unpaired) electrons. The third-order valence-corrected chi connectivity index (χ3v) is 5.36. The SMILES string of the molecule is CCC(C)NC(=O)NC(Cc1c[nH]c2ccccc12)C(=O)N1CCCCC1. The number of carbonyl (C=O) groups excluding carboxylic acids is 2. The van der Waals surface area contributed by atoms with Crippen molar-refractivity contribution in [3.8, 4) is 0 Å². The number of carbonyl (C=O) groups is 2. The number of nitrogens with one attached hydrogen (secondary N) is 3. The first kappa shape index (κ1) is 19.3. The number of hydrogen-bond donors (Lipinski definition) is 3. The molecule has 2 unspecified atom stereocenters. The van der Waals surface area contributed by atoms with Crippen LogP contribution in [0.25, 0.3) is 10.9 Å². The van der Waals surface area contributed by atoms with Gasteiger partial charge in [-0.1, -0.05) is 25.1 Å². The Bertz CT molecular complexity index is 779. The molecule has 1 saturated heterocycles. The number of aromatic nitrogens is 1. The van der Waals surface area contributed by atoms with E-state index in [0.29, 0.717) is 6.42 Å². The highest BCUT2D eigenvalue weighted by molar-refractivity contribution is 5.89. The van der Waals surface area contributed by atoms with Crippen molar-refractivity contribution in [1.29, 1.82) is 0 Å². The number of H-pyrrole nitrogens is 1. The van der Waals surface area contributed by atoms with Crippen LogP contribution < -0.4 is 10.6 Å². The monoisotopic (exact) mass is 370 g/mol. The van der Waals surface area contributed by atoms with Gasteiger partial charge in [-0.2, -0.15) is 0 Å². The van der Waals surface area contributed by atoms with Crippen LogP contribution in [-0.2, 0) is 11.2 Å². The summed E-state index contributed by atoms with van der Waals surface area (Å²) < 4.78 is 0. The molecule has 1 fully saturated rings. The maximum absolute atomic E-state index is 13.1. The molecule has 0 saturated carbocycles. The molecule has 27 heavy (non-hydrogen) atoms. The molecule has 0 aliphatic carbocycles. The van der Waals surface area contributed by atoms with Gasteiger partial charge in [0.25, 0.3) is 0 Å². The highest BCUT2D eigenvalue weighted by Gasteiger charge is 2.28. The maximum atomic E-state index is 13.1. The molecule has 0 bridgehead atoms. The fraction of sp³-hybridized carbons (Fsp3) is 0.524. The summed E-state index contributed by atoms with van der Waals surface area (Å²) in [4.78, 5) is 30.7. The number of piperidine rings is 1. The number of nitrogens with zero attached hydrogens (tertiary/aromatic N) is 1. The van der Waals surface area contributed by atoms with Crippen LogP contribution in [0.1, 0.15) is 45.1 Å². The number of fused-ring (bicyclic) bond motifs is 1. The zero-order chi connectivity index (χ0) is 19.2. The number of amides is 3. The molecule has 146 valence electrons. The summed E-state index contributed by atoms with van der Waals surface area (Å²) in [6, 6.07) is 7.27. The van der Waals surface area contributed by atoms with Crippen LogP contribution >= 0.6 is 0 Å². The molecule has 1 aliphatic rings. The Balaban J connectivity index is 1.77. The van der Waals surface area contributed by atoms with E-state index in [1.165, 1.54) is 6.42 Å². The number of para-hydroxylation sites is 1. The van der Waals surface area contributed by atoms with Crippen LogP contribution in [-0.4, -0.2) is 47.0 Å². The van der Waals surface area contributed by atoms with E-state index in [4.69, 9.17) is 0 Å². The van der Waals surface area contributed by atoms with Crippen LogP contribution in [0.2, 0.25) is 0 Å². The first-order chi connectivity index (χ1) is 13.1. The average Bonchev–Trinajstić information content (AvgIpc) is 3.10. The van der Waals surface area contributed by atoms with Crippen LogP contribution in [0.3, 0.4) is 0 Å². The predicted octanol–water partition coefficient (Wildman–Crippen LogP) is 3.19. The lowest BCUT2D eigenvalue weighted by Gasteiger charge is -2.31. The fourth-order valence-electron chi connectivity index (χ4n) is 3.58. The molecular formula is C21H30N4O2. The van der Waals surface area contributed by atoms with Gasteiger partial charge in [-0.3, -0.25) is 4.79 Å². The summed E-state index contributed by atoms with van der Waals surface area (Å²) in [6.07, 6.45) is 6.50. The van der Waals surface area contributed by atoms with Crippen molar-refractivity contribution in [2.75, 3.05) is 13.1 Å². The van der Waals surface area contributed by atoms with Crippen molar-refractivity contribution in [2.45, 2.75) is 58.0 Å². The molecule has 2 heterocycles. The Morgan fingerprint density at radius 2 is 1.89 bits per heavy atom. The summed E-state index contributed by atoms with van der Waals surface area (Å²) in [7, 11) is 0. The number of aromatic amines is 1. The number of likely N-dealkylation sites (tertiary alicyclic amines) is 1. The van der Waals surface area contributed by atoms with E-state index < -0.39 is 6.04 Å². The largest absolute Gasteiger partial charge is 0.361 e. The second-order valence-corrected chi connectivity index (χ2v) is 7.43. The lowest BCUT2D eigenvalue weighted by molar-refractivity contribution is -0.134. The van der Waals surface area contributed by atoms with E-state index in [-0.39, 0.29) is 18.0 Å². The van der Waals surface area contributed by atoms with Crippen molar-refractivity contribution in [3.05, 3.63) is 36.0 Å². The van der Waals surface area contributed by atoms with Gasteiger partial charge in [0.15, 0.2) is 0 Å². The van der Waals surface area contributed by atoms with E-state index in [0.717, 1.165) is 48.8 Å². The van der Waals surface area contributed by atoms with E-state index in [9.17, 15) is 9.59 Å². The number of urea groups is 1. The van der Waals surface area contributed by atoms with E-state index >= 15 is 0 Å². The molecule has 6 heteroatoms. The zero-order valence-electron chi connectivity index (χ0n) is 16.3. The first-order valence-electron chi connectivity index (χ1n) is 9.99. The quantitative estimate of drug-likeness (QED) is 0.730. The third-order valence-electron chi connectivity index (χ3n) is 5.36. The van der Waals surface area contributed by atoms with E-state index in [1.807, 2.05) is 49.2 Å². The highest BCUT2D eigenvalue weighted by Crippen LogP contribution is 2.20. The number of hydrogen-bond acceptors (Lipinski definition) is 2. The molecular weight excluding hydrogens is 340 g/mol. The van der Waals surface area contributed by atoms with E-state index in [2.05, 4.69) is 15.6 Å². The van der Waals surface area contributed by atoms with Crippen LogP contribution in [0.5, 0.6) is 0 Å². The van der Waals surface area contributed by atoms with Gasteiger partial charge in [-0.25, -0.2) is 4.79 Å². The molecule has 2 atom stereocenters. The molecule has 0 spiro atoms. The summed E-state index contributed by atoms with van der Waals surface area (Å²) in [5.74, 6) is 0.0132. The van der Waals surface area contributed by atoms with Gasteiger partial charge >= 0.3 is 6.03 Å². The molecule has 3 N–H and O–H groups in total. The van der Waals surface area contributed by atoms with Gasteiger partial charge < -0.3 is 20.5 Å². The van der Waals surface area contributed by atoms with Crippen molar-refractivity contribution < 1.29 is 9.59 Å². The van der Waals surface area contributed by atoms with Crippen LogP contribution in [0, 0.1) is 0 Å². The molecule has 2 aromatic rings. The molecule has 6 nitrogen and oxygen atoms in total. The standard InChI is InChI=1S/C21H30N4O2/c1-3-15(2)23-21(27)24-19(20(26)25-11-7-4-8-12-25)13-16-14-22-18-10-6-5-9-17(16)18/h5-6,9-10,14-15,19,22H,3-4,7-8,11-13H2,1-2H3,(H2,23,24,27). The second kappa shape index (κ2) is 8.93. The Labute approximate surface area is 160 Å². The summed E-state index contributed by atoms with van der Waals surface area (Å²) >= 11 is 0. The zero-order valence-corrected chi connectivity index (χ0v) is 16.3. The Hall–Kier alpha value is -2.50. The Morgan fingerprint density at radius 1 is 1.15 bits per heavy atom. The molecule has 1 aliphatic heterocycles. The minimum atomic E-state index is -0.564. The highest BCUT2D eigenvalue weighted by atomic mass is 16.2. The van der Waals surface area contributed by atoms with Crippen LogP contribution in [0.4, 0.5) is 4.79 Å². The molecule has 1 aromatic carbocycles. The minimum Gasteiger partial charge on any atom is -0.361 e. The summed E-state index contributed by atoms with van der Waals surface area (Å²) in [5.41, 5.74) is 2.09. The summed E-state index contributed by atoms with van der Waals surface area (Å²) in [6.45, 7) is 5.53. The summed E-state index contributed by atoms with van der Waals surface area (Å²) in [5, 5.41) is 6.93. The normalized spacial score (nSPS) is 16.7. The van der Waals surface area contributed by atoms with Crippen LogP contribution in [0.15, 0.2) is 30.5 Å². The predicted molar refractivity (Wildman–Crippen MR) is 108 cm³/mol. The smallest absolute Gasteiger partial charge is 0.315 e. The van der Waals surface area contributed by atoms with E-state index in [1.54, 1.807) is 0 Å². The van der Waals surface area contributed by atoms with Gasteiger partial charge in [0, 0.05) is 42.7 Å². The van der Waals surface area contributed by atoms with Crippen molar-refractivity contribution >= 4 is 22.8 Å². The topological polar surface area (TPSA) is 77.2 Å². The van der Waals surface area contributed by atoms with Gasteiger partial charge in [0.05, 0.1) is 0 Å². The van der Waals surface area contributed by atoms with Crippen molar-refractivity contribution in [1.82, 2.24) is 20.5 Å². The Morgan fingerprint density at radius 3 is 2.63 bits per heavy atom. The average molecular weight is 370 g/mol. The minimum absolute atomic E-state index is 0.0132. The molecule has 3 amide bonds. The maximum Gasteiger partial charge on any atom is 0.315 e. The van der Waals surface area contributed by atoms with Gasteiger partial charge in [0.2, 0.25) is 5.91 Å². The number of rotatable bonds is 6. The number of benzene rings is 1. The van der Waals surface area contributed by atoms with Gasteiger partial charge in [-0.05, 0) is 44.2 Å². The lowest BCUT2D eigenvalue weighted by atomic mass is 10.0. The van der Waals surface area contributed by atoms with Crippen molar-refractivity contribution in [3.63, 3.8) is 0 Å². The lowest BCUT2D eigenvalue weighted by Crippen LogP contribution is -2.54. The van der Waals surface area contributed by atoms with Gasteiger partial charge in [0.1, 0.15) is 6.04 Å². The second-order valence-electron chi connectivity index (χ2n) is 7.43. The van der Waals surface area contributed by atoms with Crippen molar-refractivity contribution in [2.24, 2.45) is 0 Å². The molecule has 1 aromatic heterocycles. The third kappa shape index (κ3) is 4.81. The first-order valence-corrected chi connectivity index (χ1v) is 9.99. The Kier molecular flexibility index (Phi) is 6.37. The van der Waals surface area contributed by atoms with Gasteiger partial charge in [-0.15, -0.1) is 0 Å².